The van der Waals surface area contributed by atoms with Crippen molar-refractivity contribution in [3.63, 3.8) is 0 Å². The van der Waals surface area contributed by atoms with Gasteiger partial charge in [-0.05, 0) is 18.7 Å². The standard InChI is InChI=1S/C13H18ClFN2O/c1-2-17-6-7-18-10(9-17)8-16-12-5-3-4-11(14)13(12)15/h3-5,10,16H,2,6-9H2,1H3. The van der Waals surface area contributed by atoms with Crippen LogP contribution < -0.4 is 5.32 Å². The van der Waals surface area contributed by atoms with Crippen LogP contribution in [0.2, 0.25) is 5.02 Å². The van der Waals surface area contributed by atoms with Crippen LogP contribution in [0.4, 0.5) is 10.1 Å². The number of hydrogen-bond acceptors (Lipinski definition) is 3. The Morgan fingerprint density at radius 3 is 3.17 bits per heavy atom. The van der Waals surface area contributed by atoms with Crippen LogP contribution in [-0.2, 0) is 4.74 Å². The van der Waals surface area contributed by atoms with Crippen LogP contribution in [0.15, 0.2) is 18.2 Å². The molecule has 0 radical (unpaired) electrons. The molecule has 18 heavy (non-hydrogen) atoms. The molecule has 1 N–H and O–H groups in total. The van der Waals surface area contributed by atoms with E-state index in [4.69, 9.17) is 16.3 Å². The van der Waals surface area contributed by atoms with Crippen LogP contribution in [0.5, 0.6) is 0 Å². The first-order valence-electron chi connectivity index (χ1n) is 6.22. The molecule has 1 fully saturated rings. The third-order valence-corrected chi connectivity index (χ3v) is 3.43. The van der Waals surface area contributed by atoms with Crippen molar-refractivity contribution in [2.24, 2.45) is 0 Å². The zero-order chi connectivity index (χ0) is 13.0. The first-order chi connectivity index (χ1) is 8.70. The predicted molar refractivity (Wildman–Crippen MR) is 71.8 cm³/mol. The minimum absolute atomic E-state index is 0.0945. The van der Waals surface area contributed by atoms with Gasteiger partial charge in [0.15, 0.2) is 5.82 Å². The van der Waals surface area contributed by atoms with Gasteiger partial charge in [-0.1, -0.05) is 24.6 Å². The second-order valence-corrected chi connectivity index (χ2v) is 4.78. The molecule has 0 saturated carbocycles. The molecule has 0 amide bonds. The van der Waals surface area contributed by atoms with Crippen molar-refractivity contribution in [2.75, 3.05) is 38.1 Å². The molecule has 1 aromatic rings. The minimum Gasteiger partial charge on any atom is -0.380 e. The Kier molecular flexibility index (Phi) is 4.80. The molecule has 1 aliphatic rings. The third-order valence-electron chi connectivity index (χ3n) is 3.14. The van der Waals surface area contributed by atoms with E-state index in [9.17, 15) is 4.39 Å². The van der Waals surface area contributed by atoms with Crippen molar-refractivity contribution in [3.05, 3.63) is 29.0 Å². The fourth-order valence-electron chi connectivity index (χ4n) is 2.06. The van der Waals surface area contributed by atoms with Gasteiger partial charge in [0.2, 0.25) is 0 Å². The average molecular weight is 273 g/mol. The number of nitrogens with zero attached hydrogens (tertiary/aromatic N) is 1. The maximum Gasteiger partial charge on any atom is 0.164 e. The third kappa shape index (κ3) is 3.34. The van der Waals surface area contributed by atoms with Gasteiger partial charge in [0.05, 0.1) is 23.4 Å². The second kappa shape index (κ2) is 6.36. The van der Waals surface area contributed by atoms with Gasteiger partial charge < -0.3 is 10.1 Å². The van der Waals surface area contributed by atoms with E-state index in [1.54, 1.807) is 12.1 Å². The van der Waals surface area contributed by atoms with Crippen LogP contribution in [0.25, 0.3) is 0 Å². The van der Waals surface area contributed by atoms with E-state index >= 15 is 0 Å². The van der Waals surface area contributed by atoms with E-state index in [2.05, 4.69) is 17.1 Å². The lowest BCUT2D eigenvalue weighted by molar-refractivity contribution is -0.0192. The molecular formula is C13H18ClFN2O. The molecule has 0 aromatic heterocycles. The van der Waals surface area contributed by atoms with E-state index in [1.165, 1.54) is 6.07 Å². The fourth-order valence-corrected chi connectivity index (χ4v) is 2.23. The van der Waals surface area contributed by atoms with E-state index in [1.807, 2.05) is 0 Å². The molecule has 1 unspecified atom stereocenters. The molecule has 1 aliphatic heterocycles. The Morgan fingerprint density at radius 1 is 1.56 bits per heavy atom. The molecule has 1 aromatic carbocycles. The van der Waals surface area contributed by atoms with E-state index in [0.29, 0.717) is 12.2 Å². The summed E-state index contributed by atoms with van der Waals surface area (Å²) < 4.78 is 19.3. The van der Waals surface area contributed by atoms with Crippen LogP contribution in [0.1, 0.15) is 6.92 Å². The number of anilines is 1. The summed E-state index contributed by atoms with van der Waals surface area (Å²) in [5, 5.41) is 3.20. The number of ether oxygens (including phenoxy) is 1. The normalized spacial score (nSPS) is 20.9. The SMILES string of the molecule is CCN1CCOC(CNc2cccc(Cl)c2F)C1. The number of halogens is 2. The Hall–Kier alpha value is -0.840. The van der Waals surface area contributed by atoms with Gasteiger partial charge in [0.25, 0.3) is 0 Å². The Labute approximate surface area is 112 Å². The highest BCUT2D eigenvalue weighted by atomic mass is 35.5. The first-order valence-corrected chi connectivity index (χ1v) is 6.60. The molecule has 1 atom stereocenters. The lowest BCUT2D eigenvalue weighted by Gasteiger charge is -2.32. The summed E-state index contributed by atoms with van der Waals surface area (Å²) in [4.78, 5) is 2.32. The molecule has 3 nitrogen and oxygen atoms in total. The molecule has 0 aliphatic carbocycles. The summed E-state index contributed by atoms with van der Waals surface area (Å²) >= 11 is 5.73. The maximum atomic E-state index is 13.7. The summed E-state index contributed by atoms with van der Waals surface area (Å²) in [7, 11) is 0. The van der Waals surface area contributed by atoms with Crippen molar-refractivity contribution in [2.45, 2.75) is 13.0 Å². The van der Waals surface area contributed by atoms with E-state index in [-0.39, 0.29) is 11.1 Å². The minimum atomic E-state index is -0.401. The quantitative estimate of drug-likeness (QED) is 0.912. The molecule has 2 rings (SSSR count). The zero-order valence-electron chi connectivity index (χ0n) is 10.5. The van der Waals surface area contributed by atoms with Gasteiger partial charge in [-0.25, -0.2) is 4.39 Å². The molecular weight excluding hydrogens is 255 g/mol. The van der Waals surface area contributed by atoms with Crippen LogP contribution >= 0.6 is 11.6 Å². The Balaban J connectivity index is 1.89. The second-order valence-electron chi connectivity index (χ2n) is 4.37. The lowest BCUT2D eigenvalue weighted by Crippen LogP contribution is -2.45. The monoisotopic (exact) mass is 272 g/mol. The number of likely N-dealkylation sites (N-methyl/N-ethyl adjacent to an activating group) is 1. The summed E-state index contributed by atoms with van der Waals surface area (Å²) in [5.74, 6) is -0.401. The number of hydrogen-bond donors (Lipinski definition) is 1. The highest BCUT2D eigenvalue weighted by molar-refractivity contribution is 6.31. The number of benzene rings is 1. The van der Waals surface area contributed by atoms with Gasteiger partial charge in [0, 0.05) is 19.6 Å². The molecule has 5 heteroatoms. The fraction of sp³-hybridized carbons (Fsp3) is 0.538. The molecule has 1 heterocycles. The zero-order valence-corrected chi connectivity index (χ0v) is 11.2. The van der Waals surface area contributed by atoms with E-state index < -0.39 is 5.82 Å². The lowest BCUT2D eigenvalue weighted by atomic mass is 10.2. The number of morpholine rings is 1. The number of nitrogens with one attached hydrogen (secondary N) is 1. The Morgan fingerprint density at radius 2 is 2.39 bits per heavy atom. The van der Waals surface area contributed by atoms with Crippen LogP contribution in [0, 0.1) is 5.82 Å². The van der Waals surface area contributed by atoms with Crippen molar-refractivity contribution in [1.82, 2.24) is 4.90 Å². The number of rotatable bonds is 4. The van der Waals surface area contributed by atoms with Gasteiger partial charge >= 0.3 is 0 Å². The largest absolute Gasteiger partial charge is 0.380 e. The maximum absolute atomic E-state index is 13.7. The molecule has 100 valence electrons. The van der Waals surface area contributed by atoms with Crippen LogP contribution in [0.3, 0.4) is 0 Å². The van der Waals surface area contributed by atoms with Gasteiger partial charge in [-0.2, -0.15) is 0 Å². The molecule has 1 saturated heterocycles. The highest BCUT2D eigenvalue weighted by Crippen LogP contribution is 2.22. The van der Waals surface area contributed by atoms with Gasteiger partial charge in [0.1, 0.15) is 0 Å². The Bertz CT molecular complexity index is 403. The van der Waals surface area contributed by atoms with E-state index in [0.717, 1.165) is 26.2 Å². The smallest absolute Gasteiger partial charge is 0.164 e. The topological polar surface area (TPSA) is 24.5 Å². The summed E-state index contributed by atoms with van der Waals surface area (Å²) in [6.07, 6.45) is 0.0945. The summed E-state index contributed by atoms with van der Waals surface area (Å²) in [6, 6.07) is 4.95. The van der Waals surface area contributed by atoms with Gasteiger partial charge in [-0.3, -0.25) is 4.90 Å². The molecule has 0 spiro atoms. The van der Waals surface area contributed by atoms with Crippen molar-refractivity contribution in [3.8, 4) is 0 Å². The highest BCUT2D eigenvalue weighted by Gasteiger charge is 2.19. The van der Waals surface area contributed by atoms with Crippen molar-refractivity contribution >= 4 is 17.3 Å². The molecule has 0 bridgehead atoms. The van der Waals surface area contributed by atoms with Crippen molar-refractivity contribution < 1.29 is 9.13 Å². The summed E-state index contributed by atoms with van der Waals surface area (Å²) in [5.41, 5.74) is 0.430. The predicted octanol–water partition coefficient (Wildman–Crippen LogP) is 2.61. The summed E-state index contributed by atoms with van der Waals surface area (Å²) in [6.45, 7) is 6.33. The van der Waals surface area contributed by atoms with Crippen molar-refractivity contribution in [1.29, 1.82) is 0 Å². The average Bonchev–Trinajstić information content (AvgIpc) is 2.41. The van der Waals surface area contributed by atoms with Crippen LogP contribution in [-0.4, -0.2) is 43.8 Å². The van der Waals surface area contributed by atoms with Gasteiger partial charge in [-0.15, -0.1) is 0 Å². The first kappa shape index (κ1) is 13.6.